The van der Waals surface area contributed by atoms with Gasteiger partial charge in [0.25, 0.3) is 0 Å². The number of nitrogens with zero attached hydrogens (tertiary/aromatic N) is 6. The highest BCUT2D eigenvalue weighted by atomic mass is 32.1. The van der Waals surface area contributed by atoms with Crippen LogP contribution in [-0.4, -0.2) is 36.3 Å². The van der Waals surface area contributed by atoms with E-state index >= 15 is 0 Å². The molecular weight excluding hydrogens is 993 g/mol. The number of pyridine rings is 2. The molecule has 67 heavy (non-hydrogen) atoms. The molecule has 0 spiro atoms. The summed E-state index contributed by atoms with van der Waals surface area (Å²) in [5.41, 5.74) is 7.80. The van der Waals surface area contributed by atoms with Crippen LogP contribution in [0.1, 0.15) is 108 Å². The van der Waals surface area contributed by atoms with Gasteiger partial charge in [0.1, 0.15) is 42.3 Å². The van der Waals surface area contributed by atoms with E-state index in [0.29, 0.717) is 0 Å². The molecular formula is C52H52N6S8Si. The van der Waals surface area contributed by atoms with Crippen molar-refractivity contribution in [1.82, 2.24) is 27.5 Å². The quantitative estimate of drug-likeness (QED) is 0.0527. The van der Waals surface area contributed by atoms with Crippen LogP contribution in [0.3, 0.4) is 0 Å². The predicted molar refractivity (Wildman–Crippen MR) is 300 cm³/mol. The van der Waals surface area contributed by atoms with Gasteiger partial charge in [-0.3, -0.25) is 9.97 Å². The molecule has 0 aliphatic carbocycles. The third-order valence-corrected chi connectivity index (χ3v) is 25.2. The summed E-state index contributed by atoms with van der Waals surface area (Å²) < 4.78 is 19.6. The fraction of sp³-hybridized carbons (Fsp3) is 0.346. The molecule has 0 amide bonds. The van der Waals surface area contributed by atoms with Gasteiger partial charge < -0.3 is 0 Å². The minimum atomic E-state index is -1.49. The van der Waals surface area contributed by atoms with Crippen molar-refractivity contribution in [3.05, 3.63) is 82.8 Å². The van der Waals surface area contributed by atoms with E-state index in [1.807, 2.05) is 68.0 Å². The molecule has 0 radical (unpaired) electrons. The molecule has 1 aliphatic heterocycles. The van der Waals surface area contributed by atoms with Gasteiger partial charge in [-0.05, 0) is 96.7 Å². The smallest absolute Gasteiger partial charge is 0.132 e. The fourth-order valence-electron chi connectivity index (χ4n) is 9.40. The van der Waals surface area contributed by atoms with Crippen LogP contribution in [0, 0.1) is 0 Å². The second kappa shape index (κ2) is 20.8. The minimum absolute atomic E-state index is 0.907. The topological polar surface area (TPSA) is 77.3 Å². The lowest BCUT2D eigenvalue weighted by molar-refractivity contribution is 0.670. The van der Waals surface area contributed by atoms with Crippen LogP contribution >= 0.6 is 91.5 Å². The van der Waals surface area contributed by atoms with E-state index in [-0.39, 0.29) is 0 Å². The maximum Gasteiger partial charge on any atom is 0.132 e. The van der Waals surface area contributed by atoms with Crippen molar-refractivity contribution in [2.75, 3.05) is 0 Å². The number of aromatic nitrogens is 6. The number of thiophene rings is 6. The largest absolute Gasteiger partial charge is 0.252 e. The summed E-state index contributed by atoms with van der Waals surface area (Å²) in [5, 5.41) is 3.18. The van der Waals surface area contributed by atoms with E-state index in [2.05, 4.69) is 93.8 Å². The molecule has 1 aliphatic rings. The first kappa shape index (κ1) is 45.8. The Hall–Kier alpha value is -3.64. The standard InChI is InChI=1S/C52H52N6S8Si/c1-4-7-10-13-16-31-18-20-35(59-31)37-22-24-39(61-37)47-49-45(55-65-57-49)33(29-53-47)41-27-43-51(63-41)52-44(67(43)26-15-12-9-6-3)28-42(64-52)34-30-54-48(50-46(34)56-66-58-50)40-25-23-38(62-40)36-21-19-32(60-36)17-14-11-8-5-2/h18-25,27-30,67H,4-17,26H2,1-3H3. The maximum absolute atomic E-state index is 5.16. The van der Waals surface area contributed by atoms with Gasteiger partial charge >= 0.3 is 0 Å². The third kappa shape index (κ3) is 9.29. The Labute approximate surface area is 427 Å². The van der Waals surface area contributed by atoms with Gasteiger partial charge in [0.15, 0.2) is 0 Å². The molecule has 10 aromatic heterocycles. The summed E-state index contributed by atoms with van der Waals surface area (Å²) in [6.07, 6.45) is 22.0. The van der Waals surface area contributed by atoms with Crippen molar-refractivity contribution in [1.29, 1.82) is 0 Å². The molecule has 0 saturated heterocycles. The molecule has 342 valence electrons. The first-order valence-corrected chi connectivity index (χ1v) is 32.3. The zero-order chi connectivity index (χ0) is 45.3. The molecule has 0 bridgehead atoms. The van der Waals surface area contributed by atoms with E-state index in [1.165, 1.54) is 168 Å². The average molecular weight is 1050 g/mol. The first-order chi connectivity index (χ1) is 33.1. The lowest BCUT2D eigenvalue weighted by Crippen LogP contribution is -2.36. The third-order valence-electron chi connectivity index (χ3n) is 13.0. The summed E-state index contributed by atoms with van der Waals surface area (Å²) in [6.45, 7) is 6.86. The van der Waals surface area contributed by atoms with E-state index in [0.717, 1.165) is 54.3 Å². The molecule has 0 atom stereocenters. The molecule has 15 heteroatoms. The van der Waals surface area contributed by atoms with E-state index in [1.54, 1.807) is 10.4 Å². The Morgan fingerprint density at radius 3 is 1.30 bits per heavy atom. The van der Waals surface area contributed by atoms with Crippen molar-refractivity contribution >= 4 is 133 Å². The van der Waals surface area contributed by atoms with E-state index < -0.39 is 8.80 Å². The Morgan fingerprint density at radius 1 is 0.403 bits per heavy atom. The number of aryl methyl sites for hydroxylation is 2. The monoisotopic (exact) mass is 1040 g/mol. The van der Waals surface area contributed by atoms with Crippen molar-refractivity contribution in [2.24, 2.45) is 0 Å². The molecule has 0 N–H and O–H groups in total. The van der Waals surface area contributed by atoms with Gasteiger partial charge in [-0.1, -0.05) is 91.0 Å². The summed E-state index contributed by atoms with van der Waals surface area (Å²) in [6, 6.07) is 24.5. The van der Waals surface area contributed by atoms with Gasteiger partial charge in [0, 0.05) is 72.3 Å². The number of hydrogen-bond acceptors (Lipinski definition) is 14. The summed E-state index contributed by atoms with van der Waals surface area (Å²) in [5.74, 6) is 0. The first-order valence-electron chi connectivity index (χ1n) is 24.0. The second-order valence-electron chi connectivity index (χ2n) is 17.6. The van der Waals surface area contributed by atoms with Crippen molar-refractivity contribution in [3.63, 3.8) is 0 Å². The van der Waals surface area contributed by atoms with Crippen LogP contribution in [0.5, 0.6) is 0 Å². The average Bonchev–Trinajstić information content (AvgIpc) is 4.18. The van der Waals surface area contributed by atoms with Crippen molar-refractivity contribution in [2.45, 2.75) is 117 Å². The van der Waals surface area contributed by atoms with Crippen LogP contribution in [0.2, 0.25) is 6.04 Å². The highest BCUT2D eigenvalue weighted by molar-refractivity contribution is 7.30. The molecule has 0 unspecified atom stereocenters. The SMILES string of the molecule is CCCCCCc1ccc(-c2ccc(-c3ncc(-c4cc5c(s4)-c4sc(-c6cnc(-c7ccc(-c8ccc(CCCCCC)s8)s7)c7nsnc67)cc4[SiH]5CCCCCC)c4nsnc34)s2)s1. The minimum Gasteiger partial charge on any atom is -0.252 e. The van der Waals surface area contributed by atoms with Gasteiger partial charge in [0.2, 0.25) is 0 Å². The highest BCUT2D eigenvalue weighted by Crippen LogP contribution is 2.47. The van der Waals surface area contributed by atoms with Crippen LogP contribution in [-0.2, 0) is 12.8 Å². The van der Waals surface area contributed by atoms with Crippen LogP contribution in [0.15, 0.2) is 73.1 Å². The second-order valence-corrected chi connectivity index (χ2v) is 28.2. The summed E-state index contributed by atoms with van der Waals surface area (Å²) in [4.78, 5) is 26.2. The predicted octanol–water partition coefficient (Wildman–Crippen LogP) is 17.0. The fourth-order valence-corrected chi connectivity index (χ4v) is 22.1. The number of fused-ring (bicyclic) bond motifs is 5. The zero-order valence-electron chi connectivity index (χ0n) is 38.1. The Balaban J connectivity index is 0.875. The summed E-state index contributed by atoms with van der Waals surface area (Å²) >= 11 is 13.9. The molecule has 0 fully saturated rings. The van der Waals surface area contributed by atoms with E-state index in [4.69, 9.17) is 27.5 Å². The zero-order valence-corrected chi connectivity index (χ0v) is 45.7. The molecule has 11 heterocycles. The van der Waals surface area contributed by atoms with E-state index in [9.17, 15) is 0 Å². The lowest BCUT2D eigenvalue weighted by atomic mass is 10.1. The summed E-state index contributed by atoms with van der Waals surface area (Å²) in [7, 11) is -1.49. The number of hydrogen-bond donors (Lipinski definition) is 0. The molecule has 11 rings (SSSR count). The molecule has 6 nitrogen and oxygen atoms in total. The maximum atomic E-state index is 5.16. The molecule has 0 aromatic carbocycles. The number of rotatable bonds is 21. The number of unbranched alkanes of at least 4 members (excludes halogenated alkanes) is 9. The van der Waals surface area contributed by atoms with Crippen LogP contribution in [0.25, 0.3) is 93.4 Å². The normalized spacial score (nSPS) is 12.6. The van der Waals surface area contributed by atoms with Gasteiger partial charge in [-0.15, -0.1) is 68.0 Å². The van der Waals surface area contributed by atoms with Crippen molar-refractivity contribution in [3.8, 4) is 71.3 Å². The van der Waals surface area contributed by atoms with Crippen molar-refractivity contribution < 1.29 is 0 Å². The highest BCUT2D eigenvalue weighted by Gasteiger charge is 2.36. The Kier molecular flexibility index (Phi) is 14.2. The molecule has 0 saturated carbocycles. The van der Waals surface area contributed by atoms with Gasteiger partial charge in [-0.2, -0.15) is 17.5 Å². The Morgan fingerprint density at radius 2 is 0.821 bits per heavy atom. The molecule has 10 aromatic rings. The van der Waals surface area contributed by atoms with Gasteiger partial charge in [-0.25, -0.2) is 0 Å². The van der Waals surface area contributed by atoms with Crippen LogP contribution in [0.4, 0.5) is 0 Å². The van der Waals surface area contributed by atoms with Crippen LogP contribution < -0.4 is 10.4 Å². The van der Waals surface area contributed by atoms with Gasteiger partial charge in [0.05, 0.1) is 33.2 Å². The Bertz CT molecular complexity index is 3070. The lowest BCUT2D eigenvalue weighted by Gasteiger charge is -2.10.